The van der Waals surface area contributed by atoms with Crippen LogP contribution in [0.5, 0.6) is 0 Å². The second-order valence-electron chi connectivity index (χ2n) is 5.45. The first-order valence-corrected chi connectivity index (χ1v) is 7.88. The second-order valence-corrected chi connectivity index (χ2v) is 6.31. The molecule has 1 amide bonds. The van der Waals surface area contributed by atoms with Crippen molar-refractivity contribution in [2.45, 2.75) is 25.7 Å². The Morgan fingerprint density at radius 1 is 1.62 bits per heavy atom. The van der Waals surface area contributed by atoms with E-state index in [9.17, 15) is 10.1 Å². The van der Waals surface area contributed by atoms with Crippen LogP contribution in [0.25, 0.3) is 0 Å². The molecule has 2 N–H and O–H groups in total. The molecule has 0 aromatic carbocycles. The third-order valence-corrected chi connectivity index (χ3v) is 4.67. The third-order valence-electron chi connectivity index (χ3n) is 4.01. The number of carbonyl (C=O) groups excluding carboxylic acids is 1. The second kappa shape index (κ2) is 7.01. The summed E-state index contributed by atoms with van der Waals surface area (Å²) in [5, 5.41) is 15.5. The number of hydrogen-bond donors (Lipinski definition) is 2. The Labute approximate surface area is 133 Å². The summed E-state index contributed by atoms with van der Waals surface area (Å²) in [6.45, 7) is 3.99. The van der Waals surface area contributed by atoms with E-state index in [4.69, 9.17) is 0 Å². The Morgan fingerprint density at radius 3 is 2.95 bits per heavy atom. The monoisotopic (exact) mass is 350 g/mol. The first kappa shape index (κ1) is 15.9. The van der Waals surface area contributed by atoms with Gasteiger partial charge in [0.05, 0.1) is 6.07 Å². The lowest BCUT2D eigenvalue weighted by atomic mass is 9.79. The summed E-state index contributed by atoms with van der Waals surface area (Å²) in [6.07, 6.45) is 4.63. The molecule has 5 nitrogen and oxygen atoms in total. The van der Waals surface area contributed by atoms with Crippen molar-refractivity contribution in [1.29, 1.82) is 5.26 Å². The standard InChI is InChI=1S/C15H19BrN4O/c1-11(12-2-5-19-9-13(12)16)8-20-14(21)15(10-17)3-6-18-7-4-15/h2,5,9,11,18H,3-4,6-8H2,1H3,(H,20,21). The van der Waals surface area contributed by atoms with Crippen LogP contribution in [0, 0.1) is 16.7 Å². The molecule has 1 atom stereocenters. The van der Waals surface area contributed by atoms with Gasteiger partial charge in [0.15, 0.2) is 0 Å². The Morgan fingerprint density at radius 2 is 2.33 bits per heavy atom. The zero-order chi connectivity index (χ0) is 15.3. The van der Waals surface area contributed by atoms with Crippen molar-refractivity contribution < 1.29 is 4.79 Å². The lowest BCUT2D eigenvalue weighted by Gasteiger charge is -2.30. The van der Waals surface area contributed by atoms with Gasteiger partial charge in [-0.1, -0.05) is 6.92 Å². The van der Waals surface area contributed by atoms with Crippen molar-refractivity contribution in [3.8, 4) is 6.07 Å². The molecule has 1 unspecified atom stereocenters. The van der Waals surface area contributed by atoms with Crippen LogP contribution in [0.2, 0.25) is 0 Å². The van der Waals surface area contributed by atoms with Crippen LogP contribution in [0.1, 0.15) is 31.2 Å². The van der Waals surface area contributed by atoms with E-state index >= 15 is 0 Å². The van der Waals surface area contributed by atoms with E-state index in [0.29, 0.717) is 32.5 Å². The number of nitrogens with zero attached hydrogens (tertiary/aromatic N) is 2. The van der Waals surface area contributed by atoms with Crippen molar-refractivity contribution in [3.63, 3.8) is 0 Å². The zero-order valence-electron chi connectivity index (χ0n) is 12.0. The first-order valence-electron chi connectivity index (χ1n) is 7.09. The van der Waals surface area contributed by atoms with E-state index in [2.05, 4.69) is 37.6 Å². The number of nitriles is 1. The first-order chi connectivity index (χ1) is 10.1. The van der Waals surface area contributed by atoms with Crippen molar-refractivity contribution >= 4 is 21.8 Å². The van der Waals surface area contributed by atoms with Crippen LogP contribution in [-0.4, -0.2) is 30.5 Å². The zero-order valence-corrected chi connectivity index (χ0v) is 13.6. The van der Waals surface area contributed by atoms with Gasteiger partial charge in [-0.2, -0.15) is 5.26 Å². The van der Waals surface area contributed by atoms with Gasteiger partial charge >= 0.3 is 0 Å². The molecule has 6 heteroatoms. The van der Waals surface area contributed by atoms with E-state index in [-0.39, 0.29) is 11.8 Å². The summed E-state index contributed by atoms with van der Waals surface area (Å²) < 4.78 is 0.934. The molecule has 1 aromatic heterocycles. The molecular weight excluding hydrogens is 332 g/mol. The molecule has 112 valence electrons. The number of rotatable bonds is 4. The molecule has 1 aliphatic rings. The fraction of sp³-hybridized carbons (Fsp3) is 0.533. The minimum atomic E-state index is -0.875. The molecule has 1 aromatic rings. The number of nitrogens with one attached hydrogen (secondary N) is 2. The van der Waals surface area contributed by atoms with Crippen LogP contribution < -0.4 is 10.6 Å². The van der Waals surface area contributed by atoms with Crippen LogP contribution in [-0.2, 0) is 4.79 Å². The SMILES string of the molecule is CC(CNC(=O)C1(C#N)CCNCC1)c1ccncc1Br. The quantitative estimate of drug-likeness (QED) is 0.869. The number of pyridine rings is 1. The minimum absolute atomic E-state index is 0.150. The molecule has 0 aliphatic carbocycles. The van der Waals surface area contributed by atoms with Crippen LogP contribution in [0.15, 0.2) is 22.9 Å². The van der Waals surface area contributed by atoms with Gasteiger partial charge in [-0.05, 0) is 59.4 Å². The molecule has 2 heterocycles. The van der Waals surface area contributed by atoms with E-state index in [1.807, 2.05) is 13.0 Å². The topological polar surface area (TPSA) is 77.8 Å². The van der Waals surface area contributed by atoms with Gasteiger partial charge in [-0.15, -0.1) is 0 Å². The molecule has 1 aliphatic heterocycles. The Kier molecular flexibility index (Phi) is 5.32. The lowest BCUT2D eigenvalue weighted by molar-refractivity contribution is -0.129. The summed E-state index contributed by atoms with van der Waals surface area (Å²) in [7, 11) is 0. The fourth-order valence-electron chi connectivity index (χ4n) is 2.55. The average Bonchev–Trinajstić information content (AvgIpc) is 2.53. The molecule has 0 bridgehead atoms. The van der Waals surface area contributed by atoms with Crippen LogP contribution >= 0.6 is 15.9 Å². The molecule has 1 saturated heterocycles. The summed E-state index contributed by atoms with van der Waals surface area (Å²) >= 11 is 3.47. The maximum Gasteiger partial charge on any atom is 0.240 e. The van der Waals surface area contributed by atoms with E-state index in [0.717, 1.165) is 10.0 Å². The van der Waals surface area contributed by atoms with Crippen molar-refractivity contribution in [2.75, 3.05) is 19.6 Å². The van der Waals surface area contributed by atoms with Gasteiger partial charge in [0, 0.05) is 23.4 Å². The number of hydrogen-bond acceptors (Lipinski definition) is 4. The maximum absolute atomic E-state index is 12.4. The smallest absolute Gasteiger partial charge is 0.240 e. The van der Waals surface area contributed by atoms with Gasteiger partial charge in [-0.25, -0.2) is 0 Å². The number of halogens is 1. The number of carbonyl (C=O) groups is 1. The minimum Gasteiger partial charge on any atom is -0.354 e. The highest BCUT2D eigenvalue weighted by Gasteiger charge is 2.39. The molecule has 0 saturated carbocycles. The van der Waals surface area contributed by atoms with Crippen molar-refractivity contribution in [1.82, 2.24) is 15.6 Å². The van der Waals surface area contributed by atoms with Crippen LogP contribution in [0.4, 0.5) is 0 Å². The molecule has 21 heavy (non-hydrogen) atoms. The van der Waals surface area contributed by atoms with E-state index < -0.39 is 5.41 Å². The van der Waals surface area contributed by atoms with Gasteiger partial charge in [0.25, 0.3) is 0 Å². The molecule has 0 radical (unpaired) electrons. The van der Waals surface area contributed by atoms with Gasteiger partial charge in [0.2, 0.25) is 5.91 Å². The van der Waals surface area contributed by atoms with E-state index in [1.165, 1.54) is 0 Å². The molecular formula is C15H19BrN4O. The summed E-state index contributed by atoms with van der Waals surface area (Å²) in [4.78, 5) is 16.4. The predicted octanol–water partition coefficient (Wildman–Crippen LogP) is 1.96. The predicted molar refractivity (Wildman–Crippen MR) is 83.5 cm³/mol. The highest BCUT2D eigenvalue weighted by molar-refractivity contribution is 9.10. The van der Waals surface area contributed by atoms with Gasteiger partial charge in [0.1, 0.15) is 5.41 Å². The van der Waals surface area contributed by atoms with Gasteiger partial charge in [-0.3, -0.25) is 9.78 Å². The number of piperidine rings is 1. The summed E-state index contributed by atoms with van der Waals surface area (Å²) in [5.41, 5.74) is 0.224. The Hall–Kier alpha value is -1.45. The Balaban J connectivity index is 1.97. The number of aromatic nitrogens is 1. The Bertz CT molecular complexity index is 549. The highest BCUT2D eigenvalue weighted by Crippen LogP contribution is 2.29. The third kappa shape index (κ3) is 3.60. The summed E-state index contributed by atoms with van der Waals surface area (Å²) in [6, 6.07) is 4.16. The highest BCUT2D eigenvalue weighted by atomic mass is 79.9. The van der Waals surface area contributed by atoms with Crippen molar-refractivity contribution in [2.24, 2.45) is 5.41 Å². The molecule has 0 spiro atoms. The normalized spacial score (nSPS) is 18.5. The van der Waals surface area contributed by atoms with Crippen LogP contribution in [0.3, 0.4) is 0 Å². The fourth-order valence-corrected chi connectivity index (χ4v) is 3.19. The molecule has 1 fully saturated rings. The summed E-state index contributed by atoms with van der Waals surface area (Å²) in [5.74, 6) is 0.00677. The van der Waals surface area contributed by atoms with E-state index in [1.54, 1.807) is 12.4 Å². The van der Waals surface area contributed by atoms with Gasteiger partial charge < -0.3 is 10.6 Å². The average molecular weight is 351 g/mol. The van der Waals surface area contributed by atoms with Crippen molar-refractivity contribution in [3.05, 3.63) is 28.5 Å². The number of amides is 1. The molecule has 2 rings (SSSR count). The lowest BCUT2D eigenvalue weighted by Crippen LogP contribution is -2.47. The maximum atomic E-state index is 12.4. The largest absolute Gasteiger partial charge is 0.354 e.